The van der Waals surface area contributed by atoms with Crippen molar-refractivity contribution in [2.24, 2.45) is 0 Å². The molecule has 0 radical (unpaired) electrons. The first-order valence-electron chi connectivity index (χ1n) is 6.21. The molecular formula is C14H22N2. The molecule has 1 aromatic rings. The molecule has 16 heavy (non-hydrogen) atoms. The van der Waals surface area contributed by atoms with Gasteiger partial charge in [-0.1, -0.05) is 30.3 Å². The Morgan fingerprint density at radius 3 is 2.62 bits per heavy atom. The maximum absolute atomic E-state index is 3.39. The van der Waals surface area contributed by atoms with Gasteiger partial charge in [0.15, 0.2) is 0 Å². The molecule has 2 atom stereocenters. The first kappa shape index (κ1) is 11.6. The highest BCUT2D eigenvalue weighted by Gasteiger charge is 2.26. The van der Waals surface area contributed by atoms with Crippen molar-refractivity contribution < 1.29 is 0 Å². The van der Waals surface area contributed by atoms with E-state index < -0.39 is 0 Å². The molecule has 88 valence electrons. The van der Waals surface area contributed by atoms with E-state index >= 15 is 0 Å². The zero-order chi connectivity index (χ0) is 11.4. The highest BCUT2D eigenvalue weighted by Crippen LogP contribution is 2.24. The Balaban J connectivity index is 1.87. The smallest absolute Gasteiger partial charge is 0.0233 e. The molecule has 2 heteroatoms. The Hall–Kier alpha value is -0.860. The van der Waals surface area contributed by atoms with Gasteiger partial charge in [-0.15, -0.1) is 0 Å². The summed E-state index contributed by atoms with van der Waals surface area (Å²) in [6, 6.07) is 12.2. The molecule has 0 aliphatic heterocycles. The number of rotatable bonds is 4. The third-order valence-electron chi connectivity index (χ3n) is 3.71. The molecule has 0 amide bonds. The number of nitrogens with one attached hydrogen (secondary N) is 1. The molecule has 2 unspecified atom stereocenters. The van der Waals surface area contributed by atoms with E-state index in [9.17, 15) is 0 Å². The standard InChI is InChI=1S/C14H22N2/c1-15-13-8-9-14(10-13)16(2)11-12-6-4-3-5-7-12/h3-7,13-15H,8-11H2,1-2H3. The summed E-state index contributed by atoms with van der Waals surface area (Å²) < 4.78 is 0. The van der Waals surface area contributed by atoms with Crippen LogP contribution in [-0.2, 0) is 6.54 Å². The van der Waals surface area contributed by atoms with Gasteiger partial charge < -0.3 is 5.32 Å². The van der Waals surface area contributed by atoms with Gasteiger partial charge in [0.05, 0.1) is 0 Å². The van der Waals surface area contributed by atoms with Gasteiger partial charge in [0.2, 0.25) is 0 Å². The molecule has 2 nitrogen and oxygen atoms in total. The van der Waals surface area contributed by atoms with Crippen LogP contribution in [0.15, 0.2) is 30.3 Å². The molecule has 1 aromatic carbocycles. The monoisotopic (exact) mass is 218 g/mol. The van der Waals surface area contributed by atoms with Crippen molar-refractivity contribution in [3.8, 4) is 0 Å². The van der Waals surface area contributed by atoms with E-state index in [1.807, 2.05) is 0 Å². The number of benzene rings is 1. The lowest BCUT2D eigenvalue weighted by Crippen LogP contribution is -2.31. The molecule has 0 bridgehead atoms. The van der Waals surface area contributed by atoms with Gasteiger partial charge in [0.1, 0.15) is 0 Å². The first-order valence-corrected chi connectivity index (χ1v) is 6.21. The van der Waals surface area contributed by atoms with E-state index in [2.05, 4.69) is 54.6 Å². The van der Waals surface area contributed by atoms with E-state index in [1.54, 1.807) is 0 Å². The van der Waals surface area contributed by atoms with Gasteiger partial charge in [-0.05, 0) is 38.9 Å². The summed E-state index contributed by atoms with van der Waals surface area (Å²) in [4.78, 5) is 2.49. The predicted molar refractivity (Wildman–Crippen MR) is 68.4 cm³/mol. The van der Waals surface area contributed by atoms with Gasteiger partial charge in [0, 0.05) is 18.6 Å². The fraction of sp³-hybridized carbons (Fsp3) is 0.571. The van der Waals surface area contributed by atoms with Crippen LogP contribution in [0.3, 0.4) is 0 Å². The quantitative estimate of drug-likeness (QED) is 0.834. The van der Waals surface area contributed by atoms with E-state index in [4.69, 9.17) is 0 Å². The second kappa shape index (κ2) is 5.46. The van der Waals surface area contributed by atoms with Crippen molar-refractivity contribution in [3.63, 3.8) is 0 Å². The summed E-state index contributed by atoms with van der Waals surface area (Å²) >= 11 is 0. The minimum absolute atomic E-state index is 0.725. The van der Waals surface area contributed by atoms with Gasteiger partial charge >= 0.3 is 0 Å². The minimum atomic E-state index is 0.725. The van der Waals surface area contributed by atoms with Crippen molar-refractivity contribution in [2.75, 3.05) is 14.1 Å². The summed E-state index contributed by atoms with van der Waals surface area (Å²) in [6.45, 7) is 1.07. The van der Waals surface area contributed by atoms with Crippen LogP contribution in [0.1, 0.15) is 24.8 Å². The second-order valence-corrected chi connectivity index (χ2v) is 4.85. The normalized spacial score (nSPS) is 25.2. The summed E-state index contributed by atoms with van der Waals surface area (Å²) in [5, 5.41) is 3.39. The van der Waals surface area contributed by atoms with Crippen LogP contribution in [0.25, 0.3) is 0 Å². The van der Waals surface area contributed by atoms with Gasteiger partial charge in [-0.3, -0.25) is 4.90 Å². The third kappa shape index (κ3) is 2.83. The Morgan fingerprint density at radius 1 is 1.25 bits per heavy atom. The molecule has 0 spiro atoms. The van der Waals surface area contributed by atoms with E-state index in [0.29, 0.717) is 0 Å². The predicted octanol–water partition coefficient (Wildman–Crippen LogP) is 2.26. The van der Waals surface area contributed by atoms with Gasteiger partial charge in [-0.2, -0.15) is 0 Å². The summed E-state index contributed by atoms with van der Waals surface area (Å²) in [7, 11) is 4.32. The molecule has 1 aliphatic rings. The van der Waals surface area contributed by atoms with Crippen molar-refractivity contribution in [1.82, 2.24) is 10.2 Å². The summed E-state index contributed by atoms with van der Waals surface area (Å²) in [5.41, 5.74) is 1.41. The Kier molecular flexibility index (Phi) is 3.97. The summed E-state index contributed by atoms with van der Waals surface area (Å²) in [6.07, 6.45) is 3.94. The molecule has 0 aromatic heterocycles. The fourth-order valence-electron chi connectivity index (χ4n) is 2.62. The molecule has 1 fully saturated rings. The van der Waals surface area contributed by atoms with Crippen molar-refractivity contribution >= 4 is 0 Å². The van der Waals surface area contributed by atoms with Crippen LogP contribution in [-0.4, -0.2) is 31.1 Å². The van der Waals surface area contributed by atoms with Crippen LogP contribution < -0.4 is 5.32 Å². The summed E-state index contributed by atoms with van der Waals surface area (Å²) in [5.74, 6) is 0. The Morgan fingerprint density at radius 2 is 2.00 bits per heavy atom. The van der Waals surface area contributed by atoms with Gasteiger partial charge in [0.25, 0.3) is 0 Å². The molecule has 1 N–H and O–H groups in total. The average Bonchev–Trinajstić information content (AvgIpc) is 2.79. The van der Waals surface area contributed by atoms with Crippen molar-refractivity contribution in [1.29, 1.82) is 0 Å². The van der Waals surface area contributed by atoms with Crippen molar-refractivity contribution in [2.45, 2.75) is 37.9 Å². The fourth-order valence-corrected chi connectivity index (χ4v) is 2.62. The van der Waals surface area contributed by atoms with Crippen molar-refractivity contribution in [3.05, 3.63) is 35.9 Å². The molecule has 1 aliphatic carbocycles. The Labute approximate surface area is 98.7 Å². The molecular weight excluding hydrogens is 196 g/mol. The average molecular weight is 218 g/mol. The highest BCUT2D eigenvalue weighted by atomic mass is 15.1. The van der Waals surface area contributed by atoms with Crippen LogP contribution in [0.2, 0.25) is 0 Å². The molecule has 2 rings (SSSR count). The van der Waals surface area contributed by atoms with Crippen LogP contribution >= 0.6 is 0 Å². The van der Waals surface area contributed by atoms with Crippen LogP contribution in [0.4, 0.5) is 0 Å². The van der Waals surface area contributed by atoms with Gasteiger partial charge in [-0.25, -0.2) is 0 Å². The van der Waals surface area contributed by atoms with Crippen LogP contribution in [0.5, 0.6) is 0 Å². The van der Waals surface area contributed by atoms with Crippen LogP contribution in [0, 0.1) is 0 Å². The lowest BCUT2D eigenvalue weighted by molar-refractivity contribution is 0.234. The minimum Gasteiger partial charge on any atom is -0.317 e. The molecule has 1 saturated carbocycles. The molecule has 0 heterocycles. The van der Waals surface area contributed by atoms with E-state index in [0.717, 1.165) is 18.6 Å². The van der Waals surface area contributed by atoms with E-state index in [1.165, 1.54) is 24.8 Å². The first-order chi connectivity index (χ1) is 7.79. The second-order valence-electron chi connectivity index (χ2n) is 4.85. The molecule has 0 saturated heterocycles. The number of hydrogen-bond donors (Lipinski definition) is 1. The lowest BCUT2D eigenvalue weighted by atomic mass is 10.1. The zero-order valence-corrected chi connectivity index (χ0v) is 10.3. The number of hydrogen-bond acceptors (Lipinski definition) is 2. The SMILES string of the molecule is CNC1CCC(N(C)Cc2ccccc2)C1. The largest absolute Gasteiger partial charge is 0.317 e. The third-order valence-corrected chi connectivity index (χ3v) is 3.71. The topological polar surface area (TPSA) is 15.3 Å². The highest BCUT2D eigenvalue weighted by molar-refractivity contribution is 5.14. The zero-order valence-electron chi connectivity index (χ0n) is 10.3. The Bertz CT molecular complexity index is 310. The maximum atomic E-state index is 3.39. The number of nitrogens with zero attached hydrogens (tertiary/aromatic N) is 1. The van der Waals surface area contributed by atoms with E-state index in [-0.39, 0.29) is 0 Å². The maximum Gasteiger partial charge on any atom is 0.0233 e. The lowest BCUT2D eigenvalue weighted by Gasteiger charge is -2.24.